The van der Waals surface area contributed by atoms with Crippen LogP contribution in [0.3, 0.4) is 0 Å². The zero-order valence-electron chi connectivity index (χ0n) is 31.7. The number of carbonyl (C=O) groups excluding carboxylic acids is 1. The van der Waals surface area contributed by atoms with Gasteiger partial charge in [-0.05, 0) is 53.4 Å². The van der Waals surface area contributed by atoms with E-state index in [1.165, 1.54) is 64.2 Å². The molecule has 0 aliphatic heterocycles. The molecule has 0 aromatic rings. The number of carbonyl (C=O) groups is 1. The van der Waals surface area contributed by atoms with Gasteiger partial charge in [0.05, 0.1) is 6.61 Å². The van der Waals surface area contributed by atoms with Crippen LogP contribution in [0.5, 0.6) is 0 Å². The average molecular weight is 663 g/mol. The molecule has 0 spiro atoms. The summed E-state index contributed by atoms with van der Waals surface area (Å²) in [7, 11) is 6.37. The van der Waals surface area contributed by atoms with Gasteiger partial charge in [0.15, 0.2) is 0 Å². The molecule has 0 aliphatic carbocycles. The van der Waals surface area contributed by atoms with Crippen molar-refractivity contribution in [2.45, 2.75) is 162 Å². The molecule has 0 amide bonds. The van der Waals surface area contributed by atoms with Crippen molar-refractivity contribution >= 4 is 5.97 Å². The number of rotatable bonds is 31. The molecule has 0 aromatic carbocycles. The molecule has 9 nitrogen and oxygen atoms in total. The summed E-state index contributed by atoms with van der Waals surface area (Å²) in [6.07, 6.45) is 18.2. The first-order valence-corrected chi connectivity index (χ1v) is 18.1. The van der Waals surface area contributed by atoms with Gasteiger partial charge in [-0.25, -0.2) is 4.79 Å². The van der Waals surface area contributed by atoms with Crippen LogP contribution >= 0.6 is 0 Å². The second-order valence-corrected chi connectivity index (χ2v) is 11.7. The van der Waals surface area contributed by atoms with Crippen molar-refractivity contribution in [3.63, 3.8) is 0 Å². The number of hydrogen-bond acceptors (Lipinski definition) is 9. The summed E-state index contributed by atoms with van der Waals surface area (Å²) < 4.78 is 44.7. The fourth-order valence-corrected chi connectivity index (χ4v) is 5.56. The molecule has 0 radical (unpaired) electrons. The highest BCUT2D eigenvalue weighted by Gasteiger charge is 2.42. The third-order valence-corrected chi connectivity index (χ3v) is 8.07. The number of methoxy groups -OCH3 is 4. The third-order valence-electron chi connectivity index (χ3n) is 8.07. The number of unbranched alkanes of at least 4 members (excludes halogenated alkanes) is 10. The molecule has 0 aromatic heterocycles. The molecule has 46 heavy (non-hydrogen) atoms. The number of esters is 1. The van der Waals surface area contributed by atoms with E-state index in [9.17, 15) is 4.79 Å². The van der Waals surface area contributed by atoms with Crippen LogP contribution in [0.2, 0.25) is 0 Å². The standard InChI is InChI=1S/C23H44O5.C14H30O4/c1-7-11-12-13-14-15-17-21(18-16-19-25-22(24)20(5)6)23(26-8-2,27-9-3)28-10-4;1-6-7-8-9-10-11-12-13(15-2)14(16-3,17-4)18-5/h21H,5,7-19H2,1-4,6H3;13H,6-12H2,1-5H3. The maximum atomic E-state index is 11.6. The Bertz CT molecular complexity index is 671. The third kappa shape index (κ3) is 20.3. The molecule has 0 rings (SSSR count). The van der Waals surface area contributed by atoms with Crippen molar-refractivity contribution in [3.05, 3.63) is 12.2 Å². The van der Waals surface area contributed by atoms with Crippen molar-refractivity contribution in [1.82, 2.24) is 0 Å². The summed E-state index contributed by atoms with van der Waals surface area (Å²) in [5.74, 6) is -2.33. The molecule has 0 heterocycles. The molecular formula is C37H74O9. The van der Waals surface area contributed by atoms with E-state index in [4.69, 9.17) is 37.9 Å². The molecule has 0 saturated carbocycles. The van der Waals surface area contributed by atoms with E-state index in [1.807, 2.05) is 20.8 Å². The van der Waals surface area contributed by atoms with Gasteiger partial charge >= 0.3 is 11.9 Å². The van der Waals surface area contributed by atoms with Crippen molar-refractivity contribution in [1.29, 1.82) is 0 Å². The Morgan fingerprint density at radius 1 is 0.587 bits per heavy atom. The van der Waals surface area contributed by atoms with E-state index >= 15 is 0 Å². The smallest absolute Gasteiger partial charge is 0.333 e. The molecule has 9 heteroatoms. The van der Waals surface area contributed by atoms with Crippen LogP contribution in [0.15, 0.2) is 12.2 Å². The van der Waals surface area contributed by atoms with Crippen molar-refractivity contribution in [2.75, 3.05) is 54.9 Å². The summed E-state index contributed by atoms with van der Waals surface area (Å²) in [4.78, 5) is 11.6. The number of hydrogen-bond donors (Lipinski definition) is 0. The van der Waals surface area contributed by atoms with Gasteiger partial charge in [-0.2, -0.15) is 0 Å². The van der Waals surface area contributed by atoms with E-state index < -0.39 is 11.9 Å². The second kappa shape index (κ2) is 31.2. The molecular weight excluding hydrogens is 588 g/mol. The van der Waals surface area contributed by atoms with Gasteiger partial charge in [0.2, 0.25) is 0 Å². The summed E-state index contributed by atoms with van der Waals surface area (Å²) in [6.45, 7) is 17.6. The lowest BCUT2D eigenvalue weighted by atomic mass is 9.93. The van der Waals surface area contributed by atoms with Gasteiger partial charge < -0.3 is 37.9 Å². The topological polar surface area (TPSA) is 90.9 Å². The van der Waals surface area contributed by atoms with Gasteiger partial charge in [0.25, 0.3) is 5.97 Å². The Morgan fingerprint density at radius 2 is 1.00 bits per heavy atom. The van der Waals surface area contributed by atoms with Crippen molar-refractivity contribution < 1.29 is 42.7 Å². The first-order valence-electron chi connectivity index (χ1n) is 18.1. The highest BCUT2D eigenvalue weighted by Crippen LogP contribution is 2.34. The predicted molar refractivity (Wildman–Crippen MR) is 187 cm³/mol. The van der Waals surface area contributed by atoms with Gasteiger partial charge in [-0.15, -0.1) is 0 Å². The number of ether oxygens (including phenoxy) is 8. The minimum Gasteiger partial charge on any atom is -0.462 e. The molecule has 0 saturated heterocycles. The SMILES string of the molecule is C=C(C)C(=O)OCCCC(CCCCCCCC)C(OCC)(OCC)OCC.CCCCCCCCC(OC)C(OC)(OC)OC. The summed E-state index contributed by atoms with van der Waals surface area (Å²) in [5, 5.41) is 0. The van der Waals surface area contributed by atoms with Crippen LogP contribution in [0.1, 0.15) is 144 Å². The fraction of sp³-hybridized carbons (Fsp3) is 0.919. The Labute approximate surface area is 283 Å². The predicted octanol–water partition coefficient (Wildman–Crippen LogP) is 9.36. The lowest BCUT2D eigenvalue weighted by molar-refractivity contribution is -0.403. The first kappa shape index (κ1) is 47.0. The monoisotopic (exact) mass is 663 g/mol. The van der Waals surface area contributed by atoms with Crippen LogP contribution in [-0.2, 0) is 42.7 Å². The van der Waals surface area contributed by atoms with Crippen molar-refractivity contribution in [2.24, 2.45) is 5.92 Å². The normalized spacial score (nSPS) is 13.2. The molecule has 0 bridgehead atoms. The average Bonchev–Trinajstić information content (AvgIpc) is 3.05. The van der Waals surface area contributed by atoms with Gasteiger partial charge in [0, 0.05) is 59.8 Å². The highest BCUT2D eigenvalue weighted by molar-refractivity contribution is 5.86. The summed E-state index contributed by atoms with van der Waals surface area (Å²) in [6, 6.07) is 0. The Kier molecular flexibility index (Phi) is 31.9. The molecule has 0 aliphatic rings. The lowest BCUT2D eigenvalue weighted by Crippen LogP contribution is -2.48. The Balaban J connectivity index is 0. The molecule has 276 valence electrons. The van der Waals surface area contributed by atoms with Crippen molar-refractivity contribution in [3.8, 4) is 0 Å². The lowest BCUT2D eigenvalue weighted by Gasteiger charge is -2.39. The minimum atomic E-state index is -1.09. The largest absolute Gasteiger partial charge is 0.462 e. The zero-order valence-corrected chi connectivity index (χ0v) is 31.7. The van der Waals surface area contributed by atoms with Crippen LogP contribution < -0.4 is 0 Å². The van der Waals surface area contributed by atoms with E-state index in [2.05, 4.69) is 20.4 Å². The fourth-order valence-electron chi connectivity index (χ4n) is 5.56. The van der Waals surface area contributed by atoms with Crippen LogP contribution in [0.25, 0.3) is 0 Å². The Morgan fingerprint density at radius 3 is 1.39 bits per heavy atom. The second-order valence-electron chi connectivity index (χ2n) is 11.7. The molecule has 2 unspecified atom stereocenters. The van der Waals surface area contributed by atoms with Gasteiger partial charge in [-0.1, -0.05) is 97.5 Å². The van der Waals surface area contributed by atoms with E-state index in [-0.39, 0.29) is 18.0 Å². The summed E-state index contributed by atoms with van der Waals surface area (Å²) in [5.41, 5.74) is 0.427. The molecule has 0 N–H and O–H groups in total. The van der Waals surface area contributed by atoms with Gasteiger partial charge in [0.1, 0.15) is 6.10 Å². The van der Waals surface area contributed by atoms with Gasteiger partial charge in [-0.3, -0.25) is 0 Å². The van der Waals surface area contributed by atoms with Crippen LogP contribution in [-0.4, -0.2) is 78.9 Å². The van der Waals surface area contributed by atoms with E-state index in [1.54, 1.807) is 35.4 Å². The maximum absolute atomic E-state index is 11.6. The van der Waals surface area contributed by atoms with E-state index in [0.717, 1.165) is 38.5 Å². The quantitative estimate of drug-likeness (QED) is 0.0312. The zero-order chi connectivity index (χ0) is 35.1. The Hall–Kier alpha value is -1.07. The molecule has 0 fully saturated rings. The molecule has 2 atom stereocenters. The highest BCUT2D eigenvalue weighted by atomic mass is 16.9. The minimum absolute atomic E-state index is 0.0991. The van der Waals surface area contributed by atoms with Crippen LogP contribution in [0, 0.1) is 5.92 Å². The first-order chi connectivity index (χ1) is 22.2. The maximum Gasteiger partial charge on any atom is 0.333 e. The summed E-state index contributed by atoms with van der Waals surface area (Å²) >= 11 is 0. The van der Waals surface area contributed by atoms with Crippen LogP contribution in [0.4, 0.5) is 0 Å². The van der Waals surface area contributed by atoms with E-state index in [0.29, 0.717) is 32.0 Å².